The number of halogens is 4. The van der Waals surface area contributed by atoms with Gasteiger partial charge < -0.3 is 10.1 Å². The van der Waals surface area contributed by atoms with Crippen LogP contribution in [0, 0.1) is 0 Å². The minimum absolute atomic E-state index is 0.0110. The number of rotatable bonds is 1. The van der Waals surface area contributed by atoms with Crippen LogP contribution < -0.4 is 5.32 Å². The number of methoxy groups -OCH3 is 1. The van der Waals surface area contributed by atoms with E-state index in [2.05, 4.69) is 4.74 Å². The number of esters is 1. The van der Waals surface area contributed by atoms with Gasteiger partial charge in [0.15, 0.2) is 0 Å². The van der Waals surface area contributed by atoms with Gasteiger partial charge in [0.1, 0.15) is 0 Å². The average molecular weight is 282 g/mol. The molecule has 0 spiro atoms. The van der Waals surface area contributed by atoms with Crippen molar-refractivity contribution in [2.45, 2.75) is 6.18 Å². The summed E-state index contributed by atoms with van der Waals surface area (Å²) in [6.07, 6.45) is -4.68. The molecule has 0 saturated heterocycles. The molecule has 98 valence electrons. The van der Waals surface area contributed by atoms with Crippen molar-refractivity contribution in [2.75, 3.05) is 12.4 Å². The lowest BCUT2D eigenvalue weighted by atomic mass is 10.1. The maximum atomic E-state index is 12.6. The maximum absolute atomic E-state index is 12.6. The molecule has 0 aliphatic carbocycles. The third-order valence-electron chi connectivity index (χ3n) is 1.91. The number of ether oxygens (including phenoxy) is 1. The molecule has 18 heavy (non-hydrogen) atoms. The van der Waals surface area contributed by atoms with Crippen LogP contribution in [0.2, 0.25) is 5.02 Å². The summed E-state index contributed by atoms with van der Waals surface area (Å²) in [7, 11) is 0.935. The van der Waals surface area contributed by atoms with Crippen LogP contribution in [0.1, 0.15) is 5.56 Å². The number of nitrogens with one attached hydrogen (secondary N) is 1. The predicted octanol–water partition coefficient (Wildman–Crippen LogP) is 2.47. The minimum Gasteiger partial charge on any atom is -0.462 e. The molecular formula is C10H7ClF3NO3. The summed E-state index contributed by atoms with van der Waals surface area (Å²) >= 11 is 5.53. The molecule has 1 aromatic carbocycles. The van der Waals surface area contributed by atoms with Crippen LogP contribution in [0.25, 0.3) is 0 Å². The lowest BCUT2D eigenvalue weighted by molar-refractivity contribution is -0.150. The molecule has 0 radical (unpaired) electrons. The van der Waals surface area contributed by atoms with Crippen LogP contribution in [0.5, 0.6) is 0 Å². The fraction of sp³-hybridized carbons (Fsp3) is 0.200. The van der Waals surface area contributed by atoms with Gasteiger partial charge in [0, 0.05) is 5.02 Å². The highest BCUT2D eigenvalue weighted by atomic mass is 35.5. The van der Waals surface area contributed by atoms with Gasteiger partial charge in [-0.25, -0.2) is 4.79 Å². The summed E-state index contributed by atoms with van der Waals surface area (Å²) in [4.78, 5) is 22.0. The van der Waals surface area contributed by atoms with E-state index in [1.165, 1.54) is 0 Å². The smallest absolute Gasteiger partial charge is 0.418 e. The van der Waals surface area contributed by atoms with Crippen molar-refractivity contribution in [1.29, 1.82) is 0 Å². The van der Waals surface area contributed by atoms with E-state index in [4.69, 9.17) is 11.6 Å². The van der Waals surface area contributed by atoms with Crippen molar-refractivity contribution in [1.82, 2.24) is 0 Å². The number of carbonyl (C=O) groups is 2. The molecule has 0 aromatic heterocycles. The molecule has 0 heterocycles. The third-order valence-corrected chi connectivity index (χ3v) is 2.14. The first kappa shape index (κ1) is 14.3. The number of hydrogen-bond donors (Lipinski definition) is 1. The molecule has 0 saturated carbocycles. The van der Waals surface area contributed by atoms with Gasteiger partial charge in [0.25, 0.3) is 0 Å². The second-order valence-corrected chi connectivity index (χ2v) is 3.57. The highest BCUT2D eigenvalue weighted by molar-refractivity contribution is 6.37. The van der Waals surface area contributed by atoms with Gasteiger partial charge in [-0.05, 0) is 18.2 Å². The van der Waals surface area contributed by atoms with E-state index in [1.807, 2.05) is 0 Å². The van der Waals surface area contributed by atoms with E-state index in [-0.39, 0.29) is 5.02 Å². The molecule has 0 aliphatic heterocycles. The largest absolute Gasteiger partial charge is 0.462 e. The van der Waals surface area contributed by atoms with E-state index in [9.17, 15) is 22.8 Å². The monoisotopic (exact) mass is 281 g/mol. The Balaban J connectivity index is 3.11. The molecule has 1 N–H and O–H groups in total. The molecule has 4 nitrogen and oxygen atoms in total. The van der Waals surface area contributed by atoms with Crippen LogP contribution in [-0.2, 0) is 20.5 Å². The molecule has 0 aliphatic rings. The lowest BCUT2D eigenvalue weighted by Crippen LogP contribution is -2.25. The van der Waals surface area contributed by atoms with Crippen LogP contribution >= 0.6 is 11.6 Å². The molecule has 0 bridgehead atoms. The average Bonchev–Trinajstić information content (AvgIpc) is 2.26. The predicted molar refractivity (Wildman–Crippen MR) is 57.1 cm³/mol. The Bertz CT molecular complexity index is 488. The van der Waals surface area contributed by atoms with E-state index in [1.54, 1.807) is 5.32 Å². The molecule has 0 unspecified atom stereocenters. The Labute approximate surface area is 105 Å². The number of alkyl halides is 3. The number of anilines is 1. The summed E-state index contributed by atoms with van der Waals surface area (Å²) in [5.41, 5.74) is -1.71. The minimum atomic E-state index is -4.68. The normalized spacial score (nSPS) is 10.9. The second kappa shape index (κ2) is 5.26. The Morgan fingerprint density at radius 2 is 1.94 bits per heavy atom. The summed E-state index contributed by atoms with van der Waals surface area (Å²) in [5.74, 6) is -2.62. The van der Waals surface area contributed by atoms with Gasteiger partial charge >= 0.3 is 18.1 Å². The molecule has 8 heteroatoms. The standard InChI is InChI=1S/C10H7ClF3NO3/c1-18-9(17)8(16)15-7-4-5(11)2-3-6(7)10(12,13)14/h2-4H,1H3,(H,15,16). The summed E-state index contributed by atoms with van der Waals surface area (Å²) in [5, 5.41) is 1.78. The molecular weight excluding hydrogens is 275 g/mol. The molecule has 0 atom stereocenters. The molecule has 1 rings (SSSR count). The molecule has 1 aromatic rings. The van der Waals surface area contributed by atoms with E-state index in [0.29, 0.717) is 6.07 Å². The first-order valence-corrected chi connectivity index (χ1v) is 4.89. The van der Waals surface area contributed by atoms with E-state index < -0.39 is 29.3 Å². The Hall–Kier alpha value is -1.76. The molecule has 1 amide bonds. The summed E-state index contributed by atoms with van der Waals surface area (Å²) in [6.45, 7) is 0. The highest BCUT2D eigenvalue weighted by Gasteiger charge is 2.34. The van der Waals surface area contributed by atoms with Crippen LogP contribution in [-0.4, -0.2) is 19.0 Å². The Morgan fingerprint density at radius 1 is 1.33 bits per heavy atom. The van der Waals surface area contributed by atoms with Crippen LogP contribution in [0.4, 0.5) is 18.9 Å². The van der Waals surface area contributed by atoms with Gasteiger partial charge in [0.05, 0.1) is 18.4 Å². The van der Waals surface area contributed by atoms with Crippen molar-refractivity contribution in [2.24, 2.45) is 0 Å². The topological polar surface area (TPSA) is 55.4 Å². The van der Waals surface area contributed by atoms with Crippen LogP contribution in [0.15, 0.2) is 18.2 Å². The van der Waals surface area contributed by atoms with Crippen LogP contribution in [0.3, 0.4) is 0 Å². The first-order valence-electron chi connectivity index (χ1n) is 4.51. The van der Waals surface area contributed by atoms with Gasteiger partial charge in [-0.3, -0.25) is 4.79 Å². The summed E-state index contributed by atoms with van der Waals surface area (Å²) in [6, 6.07) is 2.62. The highest BCUT2D eigenvalue weighted by Crippen LogP contribution is 2.36. The third kappa shape index (κ3) is 3.36. The SMILES string of the molecule is COC(=O)C(=O)Nc1cc(Cl)ccc1C(F)(F)F. The quantitative estimate of drug-likeness (QED) is 0.635. The Morgan fingerprint density at radius 3 is 2.44 bits per heavy atom. The molecule has 0 fully saturated rings. The van der Waals surface area contributed by atoms with Crippen molar-refractivity contribution >= 4 is 29.2 Å². The zero-order valence-corrected chi connectivity index (χ0v) is 9.72. The van der Waals surface area contributed by atoms with Crippen molar-refractivity contribution in [3.05, 3.63) is 28.8 Å². The maximum Gasteiger partial charge on any atom is 0.418 e. The van der Waals surface area contributed by atoms with Gasteiger partial charge in [-0.1, -0.05) is 11.6 Å². The first-order chi connectivity index (χ1) is 8.25. The fourth-order valence-corrected chi connectivity index (χ4v) is 1.31. The number of carbonyl (C=O) groups excluding carboxylic acids is 2. The zero-order chi connectivity index (χ0) is 13.9. The van der Waals surface area contributed by atoms with E-state index in [0.717, 1.165) is 19.2 Å². The summed E-state index contributed by atoms with van der Waals surface area (Å²) < 4.78 is 41.9. The fourth-order valence-electron chi connectivity index (χ4n) is 1.13. The van der Waals surface area contributed by atoms with Crippen molar-refractivity contribution in [3.63, 3.8) is 0 Å². The van der Waals surface area contributed by atoms with E-state index >= 15 is 0 Å². The van der Waals surface area contributed by atoms with Gasteiger partial charge in [-0.15, -0.1) is 0 Å². The number of amides is 1. The zero-order valence-electron chi connectivity index (χ0n) is 8.97. The number of benzene rings is 1. The van der Waals surface area contributed by atoms with Crippen molar-refractivity contribution in [3.8, 4) is 0 Å². The Kier molecular flexibility index (Phi) is 4.18. The van der Waals surface area contributed by atoms with Gasteiger partial charge in [-0.2, -0.15) is 13.2 Å². The second-order valence-electron chi connectivity index (χ2n) is 3.13. The number of hydrogen-bond acceptors (Lipinski definition) is 3. The van der Waals surface area contributed by atoms with Gasteiger partial charge in [0.2, 0.25) is 0 Å². The van der Waals surface area contributed by atoms with Crippen molar-refractivity contribution < 1.29 is 27.5 Å². The lowest BCUT2D eigenvalue weighted by Gasteiger charge is -2.13.